The molecule has 7 nitrogen and oxygen atoms in total. The number of benzene rings is 2. The lowest BCUT2D eigenvalue weighted by Gasteiger charge is -2.16. The van der Waals surface area contributed by atoms with E-state index in [0.29, 0.717) is 13.2 Å². The van der Waals surface area contributed by atoms with Gasteiger partial charge >= 0.3 is 0 Å². The fraction of sp³-hybridized carbons (Fsp3) is 0.409. The Bertz CT molecular complexity index is 954. The SMILES string of the molecule is CCOc1ccc(C(C)NC(=O)c2cccc(S(=O)(=O)NCC3CCCO3)c2)cc1. The fourth-order valence-electron chi connectivity index (χ4n) is 3.28. The summed E-state index contributed by atoms with van der Waals surface area (Å²) in [5.74, 6) is 0.431. The maximum atomic E-state index is 12.7. The summed E-state index contributed by atoms with van der Waals surface area (Å²) in [7, 11) is -3.72. The van der Waals surface area contributed by atoms with Gasteiger partial charge in [0.15, 0.2) is 0 Å². The largest absolute Gasteiger partial charge is 0.494 e. The Morgan fingerprint density at radius 3 is 2.67 bits per heavy atom. The fourth-order valence-corrected chi connectivity index (χ4v) is 4.39. The molecule has 1 saturated heterocycles. The maximum absolute atomic E-state index is 12.7. The molecule has 0 aliphatic carbocycles. The van der Waals surface area contributed by atoms with Crippen molar-refractivity contribution in [3.05, 3.63) is 59.7 Å². The van der Waals surface area contributed by atoms with Crippen LogP contribution in [0.5, 0.6) is 5.75 Å². The molecule has 1 aliphatic heterocycles. The molecule has 1 amide bonds. The first-order valence-corrected chi connectivity index (χ1v) is 11.6. The minimum Gasteiger partial charge on any atom is -0.494 e. The summed E-state index contributed by atoms with van der Waals surface area (Å²) >= 11 is 0. The van der Waals surface area contributed by atoms with Gasteiger partial charge in [-0.1, -0.05) is 18.2 Å². The first kappa shape index (κ1) is 22.3. The van der Waals surface area contributed by atoms with Crippen molar-refractivity contribution in [2.45, 2.75) is 43.7 Å². The Morgan fingerprint density at radius 1 is 1.23 bits per heavy atom. The van der Waals surface area contributed by atoms with E-state index < -0.39 is 10.0 Å². The number of nitrogens with one attached hydrogen (secondary N) is 2. The molecule has 2 aromatic rings. The summed E-state index contributed by atoms with van der Waals surface area (Å²) in [6.07, 6.45) is 1.68. The standard InChI is InChI=1S/C22H28N2O5S/c1-3-28-19-11-9-17(10-12-19)16(2)24-22(25)18-6-4-8-21(14-18)30(26,27)23-15-20-7-5-13-29-20/h4,6,8-12,14,16,20,23H,3,5,7,13,15H2,1-2H3,(H,24,25). The third-order valence-electron chi connectivity index (χ3n) is 4.97. The summed E-state index contributed by atoms with van der Waals surface area (Å²) in [6.45, 7) is 5.27. The molecule has 30 heavy (non-hydrogen) atoms. The van der Waals surface area contributed by atoms with Gasteiger partial charge in [-0.2, -0.15) is 0 Å². The van der Waals surface area contributed by atoms with Crippen LogP contribution in [0.25, 0.3) is 0 Å². The summed E-state index contributed by atoms with van der Waals surface area (Å²) < 4.78 is 38.6. The van der Waals surface area contributed by atoms with Crippen molar-refractivity contribution in [1.29, 1.82) is 0 Å². The van der Waals surface area contributed by atoms with Crippen LogP contribution in [-0.2, 0) is 14.8 Å². The van der Waals surface area contributed by atoms with E-state index in [-0.39, 0.29) is 35.1 Å². The quantitative estimate of drug-likeness (QED) is 0.635. The van der Waals surface area contributed by atoms with Crippen LogP contribution < -0.4 is 14.8 Å². The molecule has 0 radical (unpaired) electrons. The zero-order chi connectivity index (χ0) is 21.6. The highest BCUT2D eigenvalue weighted by molar-refractivity contribution is 7.89. The lowest BCUT2D eigenvalue weighted by Crippen LogP contribution is -2.32. The molecule has 3 rings (SSSR count). The zero-order valence-corrected chi connectivity index (χ0v) is 18.1. The number of ether oxygens (including phenoxy) is 2. The van der Waals surface area contributed by atoms with Gasteiger partial charge in [-0.3, -0.25) is 4.79 Å². The average molecular weight is 433 g/mol. The lowest BCUT2D eigenvalue weighted by atomic mass is 10.1. The molecule has 2 unspecified atom stereocenters. The topological polar surface area (TPSA) is 93.7 Å². The van der Waals surface area contributed by atoms with E-state index in [1.807, 2.05) is 38.1 Å². The summed E-state index contributed by atoms with van der Waals surface area (Å²) in [5.41, 5.74) is 1.21. The molecule has 1 aliphatic rings. The highest BCUT2D eigenvalue weighted by Crippen LogP contribution is 2.19. The van der Waals surface area contributed by atoms with Crippen LogP contribution in [0.4, 0.5) is 0 Å². The van der Waals surface area contributed by atoms with Crippen LogP contribution in [0.1, 0.15) is 48.7 Å². The van der Waals surface area contributed by atoms with Crippen LogP contribution in [0.15, 0.2) is 53.4 Å². The molecule has 162 valence electrons. The summed E-state index contributed by atoms with van der Waals surface area (Å²) in [4.78, 5) is 12.7. The van der Waals surface area contributed by atoms with Crippen molar-refractivity contribution in [3.63, 3.8) is 0 Å². The molecule has 1 fully saturated rings. The van der Waals surface area contributed by atoms with Crippen molar-refractivity contribution in [3.8, 4) is 5.75 Å². The second-order valence-corrected chi connectivity index (χ2v) is 8.98. The van der Waals surface area contributed by atoms with Crippen molar-refractivity contribution in [2.24, 2.45) is 0 Å². The second kappa shape index (κ2) is 10.1. The molecule has 0 bridgehead atoms. The van der Waals surface area contributed by atoms with E-state index in [0.717, 1.165) is 24.2 Å². The van der Waals surface area contributed by atoms with Crippen LogP contribution >= 0.6 is 0 Å². The van der Waals surface area contributed by atoms with E-state index >= 15 is 0 Å². The third kappa shape index (κ3) is 5.81. The molecule has 0 aromatic heterocycles. The highest BCUT2D eigenvalue weighted by atomic mass is 32.2. The van der Waals surface area contributed by atoms with Crippen LogP contribution in [0, 0.1) is 0 Å². The van der Waals surface area contributed by atoms with Gasteiger partial charge in [-0.25, -0.2) is 13.1 Å². The molecule has 8 heteroatoms. The van der Waals surface area contributed by atoms with E-state index in [1.165, 1.54) is 12.1 Å². The van der Waals surface area contributed by atoms with Crippen molar-refractivity contribution >= 4 is 15.9 Å². The number of carbonyl (C=O) groups is 1. The number of hydrogen-bond acceptors (Lipinski definition) is 5. The molecular weight excluding hydrogens is 404 g/mol. The lowest BCUT2D eigenvalue weighted by molar-refractivity contribution is 0.0939. The minimum absolute atomic E-state index is 0.0573. The van der Waals surface area contributed by atoms with Gasteiger partial charge in [0.2, 0.25) is 10.0 Å². The number of hydrogen-bond donors (Lipinski definition) is 2. The van der Waals surface area contributed by atoms with Crippen molar-refractivity contribution in [2.75, 3.05) is 19.8 Å². The van der Waals surface area contributed by atoms with Gasteiger partial charge in [0.1, 0.15) is 5.75 Å². The van der Waals surface area contributed by atoms with Crippen LogP contribution in [-0.4, -0.2) is 40.2 Å². The molecule has 0 saturated carbocycles. The van der Waals surface area contributed by atoms with E-state index in [9.17, 15) is 13.2 Å². The minimum atomic E-state index is -3.72. The second-order valence-electron chi connectivity index (χ2n) is 7.21. The Hall–Kier alpha value is -2.42. The maximum Gasteiger partial charge on any atom is 0.251 e. The highest BCUT2D eigenvalue weighted by Gasteiger charge is 2.21. The Kier molecular flexibility index (Phi) is 7.47. The van der Waals surface area contributed by atoms with Crippen LogP contribution in [0.3, 0.4) is 0 Å². The van der Waals surface area contributed by atoms with Crippen LogP contribution in [0.2, 0.25) is 0 Å². The number of amides is 1. The smallest absolute Gasteiger partial charge is 0.251 e. The molecule has 2 aromatic carbocycles. The first-order chi connectivity index (χ1) is 14.4. The van der Waals surface area contributed by atoms with Crippen molar-refractivity contribution < 1.29 is 22.7 Å². The number of rotatable bonds is 9. The van der Waals surface area contributed by atoms with Gasteiger partial charge in [-0.15, -0.1) is 0 Å². The predicted octanol–water partition coefficient (Wildman–Crippen LogP) is 3.03. The Balaban J connectivity index is 1.64. The Labute approximate surface area is 177 Å². The van der Waals surface area contributed by atoms with Gasteiger partial charge in [-0.05, 0) is 62.6 Å². The summed E-state index contributed by atoms with van der Waals surface area (Å²) in [6, 6.07) is 13.3. The average Bonchev–Trinajstić information content (AvgIpc) is 3.27. The van der Waals surface area contributed by atoms with Gasteiger partial charge in [0.25, 0.3) is 5.91 Å². The van der Waals surface area contributed by atoms with E-state index in [4.69, 9.17) is 9.47 Å². The molecule has 2 N–H and O–H groups in total. The van der Waals surface area contributed by atoms with Gasteiger partial charge < -0.3 is 14.8 Å². The predicted molar refractivity (Wildman–Crippen MR) is 114 cm³/mol. The Morgan fingerprint density at radius 2 is 2.00 bits per heavy atom. The zero-order valence-electron chi connectivity index (χ0n) is 17.3. The van der Waals surface area contributed by atoms with Gasteiger partial charge in [0.05, 0.1) is 23.6 Å². The first-order valence-electron chi connectivity index (χ1n) is 10.1. The van der Waals surface area contributed by atoms with E-state index in [2.05, 4.69) is 10.0 Å². The number of carbonyl (C=O) groups excluding carboxylic acids is 1. The molecule has 2 atom stereocenters. The molecular formula is C22H28N2O5S. The number of sulfonamides is 1. The van der Waals surface area contributed by atoms with Crippen molar-refractivity contribution in [1.82, 2.24) is 10.0 Å². The summed E-state index contributed by atoms with van der Waals surface area (Å²) in [5, 5.41) is 2.90. The normalized spacial score (nSPS) is 17.5. The molecule has 1 heterocycles. The van der Waals surface area contributed by atoms with E-state index in [1.54, 1.807) is 12.1 Å². The monoisotopic (exact) mass is 432 g/mol. The molecule has 0 spiro atoms. The third-order valence-corrected chi connectivity index (χ3v) is 6.39. The van der Waals surface area contributed by atoms with Gasteiger partial charge in [0, 0.05) is 18.7 Å².